The molecule has 0 aromatic rings. The van der Waals surface area contributed by atoms with E-state index in [9.17, 15) is 0 Å². The van der Waals surface area contributed by atoms with Gasteiger partial charge in [-0.2, -0.15) is 0 Å². The minimum atomic E-state index is 0.674. The summed E-state index contributed by atoms with van der Waals surface area (Å²) in [5.41, 5.74) is 2.85. The third-order valence-electron chi connectivity index (χ3n) is 2.08. The van der Waals surface area contributed by atoms with Gasteiger partial charge in [-0.05, 0) is 30.8 Å². The zero-order valence-corrected chi connectivity index (χ0v) is 6.98. The fourth-order valence-corrected chi connectivity index (χ4v) is 1.51. The van der Waals surface area contributed by atoms with Crippen LogP contribution in [0.15, 0.2) is 23.8 Å². The Labute approximate surface area is 63.6 Å². The number of allylic oxidation sites excluding steroid dienone is 3. The predicted molar refractivity (Wildman–Crippen MR) is 45.9 cm³/mol. The molecule has 0 radical (unpaired) electrons. The molecule has 0 heterocycles. The molecule has 0 atom stereocenters. The lowest BCUT2D eigenvalue weighted by Crippen LogP contribution is -2.01. The Balaban J connectivity index is 2.71. The van der Waals surface area contributed by atoms with Crippen LogP contribution in [0, 0.1) is 5.92 Å². The predicted octanol–water partition coefficient (Wildman–Crippen LogP) is 3.31. The minimum absolute atomic E-state index is 0.674. The van der Waals surface area contributed by atoms with Crippen LogP contribution < -0.4 is 0 Å². The first kappa shape index (κ1) is 7.59. The van der Waals surface area contributed by atoms with E-state index in [1.165, 1.54) is 30.4 Å². The lowest BCUT2D eigenvalue weighted by molar-refractivity contribution is 0.705. The molecule has 0 heteroatoms. The Kier molecular flexibility index (Phi) is 2.31. The molecule has 0 amide bonds. The molecule has 0 bridgehead atoms. The molecule has 10 heavy (non-hydrogen) atoms. The molecule has 1 aliphatic carbocycles. The highest BCUT2D eigenvalue weighted by Gasteiger charge is 2.10. The average molecular weight is 136 g/mol. The van der Waals surface area contributed by atoms with E-state index in [-0.39, 0.29) is 0 Å². The standard InChI is InChI=1S/C10H16/c1-8(2)10-7-5-4-6-9(10)3/h7-8H,3-6H2,1-2H3. The maximum atomic E-state index is 4.05. The van der Waals surface area contributed by atoms with Gasteiger partial charge in [-0.25, -0.2) is 0 Å². The summed E-state index contributed by atoms with van der Waals surface area (Å²) >= 11 is 0. The molecule has 0 aromatic carbocycles. The van der Waals surface area contributed by atoms with Gasteiger partial charge in [-0.15, -0.1) is 0 Å². The SMILES string of the molecule is C=C1CCCC=C1C(C)C. The number of rotatable bonds is 1. The van der Waals surface area contributed by atoms with Gasteiger partial charge >= 0.3 is 0 Å². The van der Waals surface area contributed by atoms with Gasteiger partial charge in [-0.1, -0.05) is 32.1 Å². The smallest absolute Gasteiger partial charge is 0.0219 e. The molecule has 1 rings (SSSR count). The van der Waals surface area contributed by atoms with E-state index in [2.05, 4.69) is 26.5 Å². The number of hydrogen-bond acceptors (Lipinski definition) is 0. The van der Waals surface area contributed by atoms with Crippen molar-refractivity contribution >= 4 is 0 Å². The Hall–Kier alpha value is -0.520. The second-order valence-corrected chi connectivity index (χ2v) is 3.31. The summed E-state index contributed by atoms with van der Waals surface area (Å²) in [5, 5.41) is 0. The average Bonchev–Trinajstić information content (AvgIpc) is 1.88. The Bertz CT molecular complexity index is 161. The van der Waals surface area contributed by atoms with Gasteiger partial charge in [0.05, 0.1) is 0 Å². The van der Waals surface area contributed by atoms with Crippen molar-refractivity contribution in [3.63, 3.8) is 0 Å². The fraction of sp³-hybridized carbons (Fsp3) is 0.600. The normalized spacial score (nSPS) is 19.5. The van der Waals surface area contributed by atoms with Crippen molar-refractivity contribution in [2.75, 3.05) is 0 Å². The van der Waals surface area contributed by atoms with Crippen LogP contribution in [0.1, 0.15) is 33.1 Å². The zero-order valence-electron chi connectivity index (χ0n) is 6.98. The molecule has 0 nitrogen and oxygen atoms in total. The minimum Gasteiger partial charge on any atom is -0.0956 e. The highest BCUT2D eigenvalue weighted by Crippen LogP contribution is 2.27. The maximum absolute atomic E-state index is 4.05. The molecule has 0 saturated carbocycles. The first-order valence-corrected chi connectivity index (χ1v) is 4.10. The second-order valence-electron chi connectivity index (χ2n) is 3.31. The Morgan fingerprint density at radius 3 is 2.60 bits per heavy atom. The van der Waals surface area contributed by atoms with Gasteiger partial charge in [0.25, 0.3) is 0 Å². The van der Waals surface area contributed by atoms with E-state index in [1.807, 2.05) is 0 Å². The van der Waals surface area contributed by atoms with Crippen LogP contribution in [0.4, 0.5) is 0 Å². The van der Waals surface area contributed by atoms with Crippen LogP contribution in [-0.4, -0.2) is 0 Å². The van der Waals surface area contributed by atoms with E-state index < -0.39 is 0 Å². The van der Waals surface area contributed by atoms with Crippen molar-refractivity contribution in [1.29, 1.82) is 0 Å². The van der Waals surface area contributed by atoms with E-state index in [4.69, 9.17) is 0 Å². The Morgan fingerprint density at radius 2 is 2.20 bits per heavy atom. The molecule has 0 aromatic heterocycles. The molecule has 0 fully saturated rings. The first-order chi connectivity index (χ1) is 4.72. The van der Waals surface area contributed by atoms with Crippen LogP contribution in [0.2, 0.25) is 0 Å². The summed E-state index contributed by atoms with van der Waals surface area (Å²) in [6.45, 7) is 8.53. The summed E-state index contributed by atoms with van der Waals surface area (Å²) in [6.07, 6.45) is 6.11. The quantitative estimate of drug-likeness (QED) is 0.518. The molecule has 0 saturated heterocycles. The molecule has 0 spiro atoms. The van der Waals surface area contributed by atoms with Crippen LogP contribution in [0.3, 0.4) is 0 Å². The maximum Gasteiger partial charge on any atom is -0.0219 e. The summed E-state index contributed by atoms with van der Waals surface area (Å²) in [6, 6.07) is 0. The van der Waals surface area contributed by atoms with Crippen LogP contribution in [-0.2, 0) is 0 Å². The molecule has 0 aliphatic heterocycles. The third kappa shape index (κ3) is 1.50. The lowest BCUT2D eigenvalue weighted by atomic mass is 9.88. The first-order valence-electron chi connectivity index (χ1n) is 4.10. The molecular weight excluding hydrogens is 120 g/mol. The van der Waals surface area contributed by atoms with E-state index in [1.54, 1.807) is 0 Å². The van der Waals surface area contributed by atoms with Crippen molar-refractivity contribution in [2.45, 2.75) is 33.1 Å². The van der Waals surface area contributed by atoms with Crippen LogP contribution >= 0.6 is 0 Å². The summed E-state index contributed by atoms with van der Waals surface area (Å²) in [7, 11) is 0. The molecular formula is C10H16. The molecule has 0 unspecified atom stereocenters. The van der Waals surface area contributed by atoms with Gasteiger partial charge in [-0.3, -0.25) is 0 Å². The zero-order chi connectivity index (χ0) is 7.56. The lowest BCUT2D eigenvalue weighted by Gasteiger charge is -2.18. The third-order valence-corrected chi connectivity index (χ3v) is 2.08. The Morgan fingerprint density at radius 1 is 1.50 bits per heavy atom. The van der Waals surface area contributed by atoms with Gasteiger partial charge in [0.15, 0.2) is 0 Å². The highest BCUT2D eigenvalue weighted by molar-refractivity contribution is 5.31. The van der Waals surface area contributed by atoms with Gasteiger partial charge in [0.2, 0.25) is 0 Å². The molecule has 1 aliphatic rings. The van der Waals surface area contributed by atoms with Crippen molar-refractivity contribution in [1.82, 2.24) is 0 Å². The van der Waals surface area contributed by atoms with E-state index >= 15 is 0 Å². The van der Waals surface area contributed by atoms with Crippen molar-refractivity contribution < 1.29 is 0 Å². The monoisotopic (exact) mass is 136 g/mol. The molecule has 56 valence electrons. The van der Waals surface area contributed by atoms with Crippen LogP contribution in [0.25, 0.3) is 0 Å². The van der Waals surface area contributed by atoms with Crippen molar-refractivity contribution in [2.24, 2.45) is 5.92 Å². The number of hydrogen-bond donors (Lipinski definition) is 0. The van der Waals surface area contributed by atoms with E-state index in [0.29, 0.717) is 5.92 Å². The summed E-state index contributed by atoms with van der Waals surface area (Å²) < 4.78 is 0. The van der Waals surface area contributed by atoms with E-state index in [0.717, 1.165) is 0 Å². The topological polar surface area (TPSA) is 0 Å². The van der Waals surface area contributed by atoms with Gasteiger partial charge in [0, 0.05) is 0 Å². The van der Waals surface area contributed by atoms with Gasteiger partial charge < -0.3 is 0 Å². The fourth-order valence-electron chi connectivity index (χ4n) is 1.51. The molecule has 0 N–H and O–H groups in total. The van der Waals surface area contributed by atoms with Gasteiger partial charge in [0.1, 0.15) is 0 Å². The van der Waals surface area contributed by atoms with Crippen LogP contribution in [0.5, 0.6) is 0 Å². The van der Waals surface area contributed by atoms with Crippen molar-refractivity contribution in [3.05, 3.63) is 23.8 Å². The second kappa shape index (κ2) is 3.05. The largest absolute Gasteiger partial charge is 0.0956 e. The van der Waals surface area contributed by atoms with Crippen molar-refractivity contribution in [3.8, 4) is 0 Å². The summed E-state index contributed by atoms with van der Waals surface area (Å²) in [5.74, 6) is 0.674. The summed E-state index contributed by atoms with van der Waals surface area (Å²) in [4.78, 5) is 0. The highest BCUT2D eigenvalue weighted by atomic mass is 14.2.